The molecule has 1 amide bonds. The minimum absolute atomic E-state index is 0.113. The predicted molar refractivity (Wildman–Crippen MR) is 61.5 cm³/mol. The fourth-order valence-electron chi connectivity index (χ4n) is 2.34. The molecule has 1 aliphatic rings. The minimum atomic E-state index is -0.264. The van der Waals surface area contributed by atoms with Crippen LogP contribution in [0.25, 0.3) is 0 Å². The summed E-state index contributed by atoms with van der Waals surface area (Å²) in [5, 5.41) is 0. The van der Waals surface area contributed by atoms with Crippen molar-refractivity contribution >= 4 is 5.91 Å². The molecule has 1 atom stereocenters. The smallest absolute Gasteiger partial charge is 0.239 e. The molecule has 1 aliphatic heterocycles. The Bertz CT molecular complexity index is 238. The number of hydrogen-bond acceptors (Lipinski definition) is 3. The monoisotopic (exact) mass is 213 g/mol. The number of amides is 1. The van der Waals surface area contributed by atoms with Gasteiger partial charge in [0.05, 0.1) is 6.04 Å². The van der Waals surface area contributed by atoms with Gasteiger partial charge in [-0.1, -0.05) is 13.8 Å². The molecule has 88 valence electrons. The molecule has 0 saturated carbocycles. The summed E-state index contributed by atoms with van der Waals surface area (Å²) >= 11 is 0. The van der Waals surface area contributed by atoms with E-state index >= 15 is 0 Å². The Kier molecular flexibility index (Phi) is 3.73. The molecule has 0 bridgehead atoms. The number of carbonyl (C=O) groups excluding carboxylic acids is 1. The highest BCUT2D eigenvalue weighted by Crippen LogP contribution is 2.21. The van der Waals surface area contributed by atoms with Gasteiger partial charge in [-0.2, -0.15) is 0 Å². The van der Waals surface area contributed by atoms with Crippen molar-refractivity contribution in [2.45, 2.75) is 26.3 Å². The summed E-state index contributed by atoms with van der Waals surface area (Å²) in [5.74, 6) is 0.113. The maximum atomic E-state index is 11.7. The van der Waals surface area contributed by atoms with Gasteiger partial charge in [-0.25, -0.2) is 0 Å². The van der Waals surface area contributed by atoms with Crippen LogP contribution in [0.4, 0.5) is 0 Å². The largest absolute Gasteiger partial charge is 0.341 e. The van der Waals surface area contributed by atoms with E-state index in [0.29, 0.717) is 0 Å². The number of nitrogens with zero attached hydrogens (tertiary/aromatic N) is 2. The molecule has 1 rings (SSSR count). The van der Waals surface area contributed by atoms with Crippen molar-refractivity contribution in [3.8, 4) is 0 Å². The molecule has 0 aliphatic carbocycles. The minimum Gasteiger partial charge on any atom is -0.341 e. The van der Waals surface area contributed by atoms with Crippen molar-refractivity contribution < 1.29 is 4.79 Å². The van der Waals surface area contributed by atoms with Crippen molar-refractivity contribution in [1.82, 2.24) is 9.80 Å². The average Bonchev–Trinajstić information content (AvgIpc) is 2.33. The van der Waals surface area contributed by atoms with Gasteiger partial charge in [0.25, 0.3) is 0 Å². The molecule has 0 radical (unpaired) electrons. The third-order valence-electron chi connectivity index (χ3n) is 2.70. The first-order chi connectivity index (χ1) is 6.82. The Hall–Kier alpha value is -0.610. The highest BCUT2D eigenvalue weighted by Gasteiger charge is 2.32. The quantitative estimate of drug-likeness (QED) is 0.722. The van der Waals surface area contributed by atoms with E-state index in [-0.39, 0.29) is 17.4 Å². The molecule has 1 heterocycles. The maximum Gasteiger partial charge on any atom is 0.239 e. The van der Waals surface area contributed by atoms with E-state index in [9.17, 15) is 4.79 Å². The summed E-state index contributed by atoms with van der Waals surface area (Å²) in [4.78, 5) is 15.7. The fraction of sp³-hybridized carbons (Fsp3) is 0.909. The van der Waals surface area contributed by atoms with Crippen LogP contribution in [0.5, 0.6) is 0 Å². The van der Waals surface area contributed by atoms with Crippen LogP contribution in [0.15, 0.2) is 0 Å². The molecule has 4 heteroatoms. The summed E-state index contributed by atoms with van der Waals surface area (Å²) in [6, 6.07) is -0.264. The summed E-state index contributed by atoms with van der Waals surface area (Å²) in [6.45, 7) is 6.97. The van der Waals surface area contributed by atoms with Gasteiger partial charge < -0.3 is 15.5 Å². The number of carbonyl (C=O) groups is 1. The number of hydrogen-bond donors (Lipinski definition) is 1. The van der Waals surface area contributed by atoms with E-state index in [2.05, 4.69) is 32.8 Å². The molecule has 15 heavy (non-hydrogen) atoms. The molecule has 0 aromatic heterocycles. The Balaban J connectivity index is 2.50. The zero-order valence-corrected chi connectivity index (χ0v) is 10.3. The van der Waals surface area contributed by atoms with Crippen molar-refractivity contribution in [3.05, 3.63) is 0 Å². The summed E-state index contributed by atoms with van der Waals surface area (Å²) in [6.07, 6.45) is 0.802. The van der Waals surface area contributed by atoms with Gasteiger partial charge in [0.2, 0.25) is 5.91 Å². The first-order valence-corrected chi connectivity index (χ1v) is 5.51. The van der Waals surface area contributed by atoms with Gasteiger partial charge in [0.15, 0.2) is 0 Å². The molecule has 1 fully saturated rings. The van der Waals surface area contributed by atoms with E-state index in [0.717, 1.165) is 26.1 Å². The van der Waals surface area contributed by atoms with Gasteiger partial charge in [-0.05, 0) is 25.9 Å². The van der Waals surface area contributed by atoms with E-state index in [1.165, 1.54) is 0 Å². The van der Waals surface area contributed by atoms with Crippen LogP contribution in [0, 0.1) is 5.41 Å². The van der Waals surface area contributed by atoms with Crippen molar-refractivity contribution in [1.29, 1.82) is 0 Å². The third-order valence-corrected chi connectivity index (χ3v) is 2.70. The molecule has 1 unspecified atom stereocenters. The Morgan fingerprint density at radius 2 is 2.13 bits per heavy atom. The summed E-state index contributed by atoms with van der Waals surface area (Å²) in [7, 11) is 4.11. The summed E-state index contributed by atoms with van der Waals surface area (Å²) in [5.41, 5.74) is 5.82. The number of likely N-dealkylation sites (tertiary alicyclic amines) is 1. The molecule has 0 aromatic carbocycles. The van der Waals surface area contributed by atoms with Gasteiger partial charge in [-0.15, -0.1) is 0 Å². The second kappa shape index (κ2) is 4.49. The van der Waals surface area contributed by atoms with Crippen LogP contribution in [0.3, 0.4) is 0 Å². The van der Waals surface area contributed by atoms with Crippen LogP contribution in [0.1, 0.15) is 20.3 Å². The van der Waals surface area contributed by atoms with Gasteiger partial charge in [-0.3, -0.25) is 4.79 Å². The molecule has 0 aromatic rings. The van der Waals surface area contributed by atoms with E-state index < -0.39 is 0 Å². The predicted octanol–water partition coefficient (Wildman–Crippen LogP) is 0.134. The molecule has 4 nitrogen and oxygen atoms in total. The van der Waals surface area contributed by atoms with Crippen LogP contribution in [-0.2, 0) is 4.79 Å². The Labute approximate surface area is 92.4 Å². The standard InChI is InChI=1S/C11H23N3O/c1-11(2,7-13(3)4)8-14-6-5-9(12)10(14)15/h9H,5-8,12H2,1-4H3. The van der Waals surface area contributed by atoms with Crippen LogP contribution in [-0.4, -0.2) is 55.5 Å². The lowest BCUT2D eigenvalue weighted by molar-refractivity contribution is -0.130. The van der Waals surface area contributed by atoms with Crippen molar-refractivity contribution in [2.75, 3.05) is 33.7 Å². The Morgan fingerprint density at radius 3 is 2.53 bits per heavy atom. The number of rotatable bonds is 4. The Morgan fingerprint density at radius 1 is 1.53 bits per heavy atom. The number of nitrogens with two attached hydrogens (primary N) is 1. The first kappa shape index (κ1) is 12.5. The zero-order valence-electron chi connectivity index (χ0n) is 10.3. The lowest BCUT2D eigenvalue weighted by Crippen LogP contribution is -2.43. The van der Waals surface area contributed by atoms with Crippen molar-refractivity contribution in [3.63, 3.8) is 0 Å². The maximum absolute atomic E-state index is 11.7. The van der Waals surface area contributed by atoms with Crippen LogP contribution in [0.2, 0.25) is 0 Å². The van der Waals surface area contributed by atoms with Crippen LogP contribution >= 0.6 is 0 Å². The normalized spacial score (nSPS) is 22.9. The molecular weight excluding hydrogens is 190 g/mol. The lowest BCUT2D eigenvalue weighted by Gasteiger charge is -2.32. The third kappa shape index (κ3) is 3.47. The highest BCUT2D eigenvalue weighted by atomic mass is 16.2. The zero-order chi connectivity index (χ0) is 11.6. The van der Waals surface area contributed by atoms with Gasteiger partial charge in [0.1, 0.15) is 0 Å². The second-order valence-electron chi connectivity index (χ2n) is 5.56. The molecular formula is C11H23N3O. The molecule has 2 N–H and O–H groups in total. The SMILES string of the molecule is CN(C)CC(C)(C)CN1CCC(N)C1=O. The molecule has 1 saturated heterocycles. The molecule has 0 spiro atoms. The fourth-order valence-corrected chi connectivity index (χ4v) is 2.34. The second-order valence-corrected chi connectivity index (χ2v) is 5.56. The highest BCUT2D eigenvalue weighted by molar-refractivity contribution is 5.83. The van der Waals surface area contributed by atoms with Gasteiger partial charge >= 0.3 is 0 Å². The van der Waals surface area contributed by atoms with Crippen LogP contribution < -0.4 is 5.73 Å². The van der Waals surface area contributed by atoms with E-state index in [1.54, 1.807) is 0 Å². The lowest BCUT2D eigenvalue weighted by atomic mass is 9.92. The first-order valence-electron chi connectivity index (χ1n) is 5.51. The van der Waals surface area contributed by atoms with E-state index in [4.69, 9.17) is 5.73 Å². The topological polar surface area (TPSA) is 49.6 Å². The van der Waals surface area contributed by atoms with Crippen molar-refractivity contribution in [2.24, 2.45) is 11.1 Å². The van der Waals surface area contributed by atoms with Gasteiger partial charge in [0, 0.05) is 19.6 Å². The summed E-state index contributed by atoms with van der Waals surface area (Å²) < 4.78 is 0. The van der Waals surface area contributed by atoms with E-state index in [1.807, 2.05) is 4.90 Å². The average molecular weight is 213 g/mol.